The Balaban J connectivity index is 1.76. The first kappa shape index (κ1) is 44.9. The van der Waals surface area contributed by atoms with E-state index in [0.717, 1.165) is 48.1 Å². The van der Waals surface area contributed by atoms with Crippen molar-refractivity contribution < 1.29 is 48.6 Å². The van der Waals surface area contributed by atoms with Gasteiger partial charge in [-0.15, -0.1) is 13.2 Å². The van der Waals surface area contributed by atoms with Crippen LogP contribution < -0.4 is 9.47 Å². The summed E-state index contributed by atoms with van der Waals surface area (Å²) in [6.07, 6.45) is 10.4. The second-order valence-corrected chi connectivity index (χ2v) is 15.3. The average molecular weight is 805 g/mol. The van der Waals surface area contributed by atoms with Crippen LogP contribution in [0.25, 0.3) is 0 Å². The molecule has 0 bridgehead atoms. The summed E-state index contributed by atoms with van der Waals surface area (Å²) >= 11 is 0. The van der Waals surface area contributed by atoms with Crippen molar-refractivity contribution >= 4 is 11.8 Å². The molecule has 1 fully saturated rings. The van der Waals surface area contributed by atoms with Crippen molar-refractivity contribution in [1.29, 1.82) is 0 Å². The van der Waals surface area contributed by atoms with Gasteiger partial charge in [-0.25, -0.2) is 4.79 Å². The van der Waals surface area contributed by atoms with Crippen LogP contribution in [0, 0.1) is 31.6 Å². The van der Waals surface area contributed by atoms with Gasteiger partial charge >= 0.3 is 6.09 Å². The fourth-order valence-electron chi connectivity index (χ4n) is 8.78. The van der Waals surface area contributed by atoms with Gasteiger partial charge in [0.15, 0.2) is 0 Å². The van der Waals surface area contributed by atoms with Crippen LogP contribution in [0.3, 0.4) is 0 Å². The minimum atomic E-state index is -1.45. The van der Waals surface area contributed by atoms with Gasteiger partial charge in [-0.05, 0) is 112 Å². The van der Waals surface area contributed by atoms with E-state index in [2.05, 4.69) is 39.1 Å². The molecule has 1 aliphatic heterocycles. The molecule has 0 radical (unpaired) electrons. The fraction of sp³-hybridized carbons (Fsp3) is 0.565. The van der Waals surface area contributed by atoms with Crippen molar-refractivity contribution in [3.63, 3.8) is 0 Å². The Kier molecular flexibility index (Phi) is 17.2. The van der Waals surface area contributed by atoms with Crippen LogP contribution in [0.2, 0.25) is 0 Å². The van der Waals surface area contributed by atoms with Crippen molar-refractivity contribution in [1.82, 2.24) is 4.90 Å². The van der Waals surface area contributed by atoms with E-state index in [0.29, 0.717) is 43.1 Å². The molecule has 0 aromatic heterocycles. The molecule has 1 saturated carbocycles. The molecule has 5 rings (SSSR count). The number of hydrogen-bond donors (Lipinski definition) is 3. The zero-order chi connectivity index (χ0) is 41.5. The summed E-state index contributed by atoms with van der Waals surface area (Å²) in [5.41, 5.74) is 4.89. The molecule has 3 N–H and O–H groups in total. The standard InChI is InChI=1S/C46H64N2O10/c1-6-9-25-54-45(52)48(20-26-53-27-23-51)42-31-40(47-56-8-3)38-29-34(14-10-12-21-49)37(15-11-13-22-50)43-39-30-36(57-35-17-16-32(4)33(5)28-35)18-19-41(39)58-46(42,44(38)43)55-24-7-2/h6-7,16-19,28-30,34,37,42-44,49-51H,1-2,8-15,20-27,31H2,3-5H3/t34-,37+,42-,43+,44+,46+/m0/s1. The molecule has 0 saturated heterocycles. The number of hydrogen-bond acceptors (Lipinski definition) is 11. The molecule has 318 valence electrons. The third-order valence-electron chi connectivity index (χ3n) is 11.5. The van der Waals surface area contributed by atoms with Gasteiger partial charge in [0.05, 0.1) is 44.7 Å². The lowest BCUT2D eigenvalue weighted by molar-refractivity contribution is -0.256. The summed E-state index contributed by atoms with van der Waals surface area (Å²) in [7, 11) is 0. The molecule has 0 unspecified atom stereocenters. The maximum atomic E-state index is 14.3. The number of ether oxygens (including phenoxy) is 5. The number of aliphatic hydroxyl groups excluding tert-OH is 3. The number of fused-ring (bicyclic) bond motifs is 2. The molecule has 12 heteroatoms. The zero-order valence-electron chi connectivity index (χ0n) is 34.6. The monoisotopic (exact) mass is 804 g/mol. The summed E-state index contributed by atoms with van der Waals surface area (Å²) in [4.78, 5) is 21.7. The molecule has 1 amide bonds. The number of rotatable bonds is 24. The number of unbranched alkanes of at least 4 members (excludes halogenated alkanes) is 2. The fourth-order valence-corrected chi connectivity index (χ4v) is 8.78. The van der Waals surface area contributed by atoms with Gasteiger partial charge in [-0.2, -0.15) is 0 Å². The molecule has 58 heavy (non-hydrogen) atoms. The number of nitrogens with zero attached hydrogens (tertiary/aromatic N) is 2. The molecule has 12 nitrogen and oxygen atoms in total. The second kappa shape index (κ2) is 22.2. The van der Waals surface area contributed by atoms with Crippen molar-refractivity contribution in [2.24, 2.45) is 22.9 Å². The largest absolute Gasteiger partial charge is 0.459 e. The van der Waals surface area contributed by atoms with Gasteiger partial charge in [0.25, 0.3) is 0 Å². The lowest BCUT2D eigenvalue weighted by atomic mass is 9.55. The third-order valence-corrected chi connectivity index (χ3v) is 11.5. The number of aryl methyl sites for hydroxylation is 2. The first-order valence-electron chi connectivity index (χ1n) is 20.9. The minimum absolute atomic E-state index is 0.0539. The zero-order valence-corrected chi connectivity index (χ0v) is 34.6. The lowest BCUT2D eigenvalue weighted by Gasteiger charge is -2.59. The Morgan fingerprint density at radius 2 is 1.71 bits per heavy atom. The van der Waals surface area contributed by atoms with E-state index in [4.69, 9.17) is 33.7 Å². The van der Waals surface area contributed by atoms with E-state index >= 15 is 0 Å². The maximum absolute atomic E-state index is 14.3. The van der Waals surface area contributed by atoms with Crippen LogP contribution in [-0.4, -0.2) is 103 Å². The lowest BCUT2D eigenvalue weighted by Crippen LogP contribution is -2.70. The van der Waals surface area contributed by atoms with E-state index in [-0.39, 0.29) is 77.0 Å². The van der Waals surface area contributed by atoms with Crippen molar-refractivity contribution in [3.05, 3.63) is 90.0 Å². The number of carbonyl (C=O) groups excluding carboxylic acids is 1. The number of benzene rings is 2. The Morgan fingerprint density at radius 1 is 0.948 bits per heavy atom. The highest BCUT2D eigenvalue weighted by atomic mass is 16.7. The van der Waals surface area contributed by atoms with E-state index < -0.39 is 23.8 Å². The molecule has 2 aromatic carbocycles. The topological polar surface area (TPSA) is 149 Å². The second-order valence-electron chi connectivity index (χ2n) is 15.3. The van der Waals surface area contributed by atoms with E-state index in [1.54, 1.807) is 17.1 Å². The Hall–Kier alpha value is -4.20. The summed E-state index contributed by atoms with van der Waals surface area (Å²) in [6.45, 7) is 14.8. The molecule has 1 heterocycles. The van der Waals surface area contributed by atoms with Crippen LogP contribution in [0.15, 0.2) is 78.5 Å². The smallest absolute Gasteiger partial charge is 0.410 e. The summed E-state index contributed by atoms with van der Waals surface area (Å²) < 4.78 is 32.4. The number of aliphatic hydroxyl groups is 3. The predicted octanol–water partition coefficient (Wildman–Crippen LogP) is 7.77. The van der Waals surface area contributed by atoms with Crippen LogP contribution in [0.1, 0.15) is 80.9 Å². The highest BCUT2D eigenvalue weighted by molar-refractivity contribution is 6.03. The first-order chi connectivity index (χ1) is 28.3. The van der Waals surface area contributed by atoms with Gasteiger partial charge in [-0.3, -0.25) is 4.90 Å². The number of amides is 1. The van der Waals surface area contributed by atoms with Gasteiger partial charge in [0, 0.05) is 37.7 Å². The Bertz CT molecular complexity index is 1730. The molecule has 3 aliphatic rings. The quantitative estimate of drug-likeness (QED) is 0.0546. The number of carbonyl (C=O) groups is 1. The van der Waals surface area contributed by atoms with Gasteiger partial charge in [0.1, 0.15) is 29.9 Å². The van der Waals surface area contributed by atoms with Gasteiger partial charge in [-0.1, -0.05) is 42.3 Å². The van der Waals surface area contributed by atoms with Gasteiger partial charge in [0.2, 0.25) is 5.79 Å². The van der Waals surface area contributed by atoms with E-state index in [1.807, 2.05) is 37.3 Å². The highest BCUT2D eigenvalue weighted by Crippen LogP contribution is 2.62. The molecule has 2 aromatic rings. The number of allylic oxidation sites excluding steroid dienone is 1. The van der Waals surface area contributed by atoms with Crippen LogP contribution in [-0.2, 0) is 19.0 Å². The highest BCUT2D eigenvalue weighted by Gasteiger charge is 2.65. The van der Waals surface area contributed by atoms with E-state index in [1.165, 1.54) is 5.56 Å². The summed E-state index contributed by atoms with van der Waals surface area (Å²) in [6, 6.07) is 11.2. The minimum Gasteiger partial charge on any atom is -0.459 e. The van der Waals surface area contributed by atoms with Crippen molar-refractivity contribution in [3.8, 4) is 17.2 Å². The summed E-state index contributed by atoms with van der Waals surface area (Å²) in [5, 5.41) is 34.0. The summed E-state index contributed by atoms with van der Waals surface area (Å²) in [5.74, 6) is 0.00910. The van der Waals surface area contributed by atoms with Crippen LogP contribution in [0.5, 0.6) is 17.2 Å². The van der Waals surface area contributed by atoms with Crippen molar-refractivity contribution in [2.75, 3.05) is 59.4 Å². The van der Waals surface area contributed by atoms with Crippen LogP contribution in [0.4, 0.5) is 4.79 Å². The molecule has 2 aliphatic carbocycles. The van der Waals surface area contributed by atoms with Gasteiger partial charge < -0.3 is 43.8 Å². The third kappa shape index (κ3) is 10.5. The normalized spacial score (nSPS) is 23.9. The molecule has 0 spiro atoms. The number of oxime groups is 1. The molecular formula is C46H64N2O10. The maximum Gasteiger partial charge on any atom is 0.410 e. The van der Waals surface area contributed by atoms with Crippen LogP contribution >= 0.6 is 0 Å². The SMILES string of the molecule is C=CCCOC(=O)N(CCOCCO)[C@H]1CC(=NOCC)C2=C[C@H](CCCCO)[C@@H](CCCCO)[C@@H]3c4cc(Oc5ccc(C)c(C)c5)ccc4O[C@@]1(OCC=C)[C@H]23. The van der Waals surface area contributed by atoms with E-state index in [9.17, 15) is 20.1 Å². The van der Waals surface area contributed by atoms with Crippen molar-refractivity contribution in [2.45, 2.75) is 89.9 Å². The average Bonchev–Trinajstić information content (AvgIpc) is 3.22. The predicted molar refractivity (Wildman–Crippen MR) is 223 cm³/mol. The molecular weight excluding hydrogens is 741 g/mol. The Labute approximate surface area is 344 Å². The first-order valence-corrected chi connectivity index (χ1v) is 20.9. The Morgan fingerprint density at radius 3 is 2.41 bits per heavy atom. The molecule has 6 atom stereocenters.